The Morgan fingerprint density at radius 1 is 1.25 bits per heavy atom. The molecule has 0 saturated heterocycles. The fraction of sp³-hybridized carbons (Fsp3) is 0.364. The summed E-state index contributed by atoms with van der Waals surface area (Å²) in [5, 5.41) is 19.2. The molecule has 1 aromatic carbocycles. The van der Waals surface area contributed by atoms with Crippen molar-refractivity contribution in [2.24, 2.45) is 0 Å². The van der Waals surface area contributed by atoms with Gasteiger partial charge in [-0.15, -0.1) is 0 Å². The molecule has 0 atom stereocenters. The van der Waals surface area contributed by atoms with E-state index >= 15 is 0 Å². The lowest BCUT2D eigenvalue weighted by atomic mass is 10.2. The van der Waals surface area contributed by atoms with E-state index in [2.05, 4.69) is 0 Å². The Bertz CT molecular complexity index is 337. The van der Waals surface area contributed by atoms with Crippen molar-refractivity contribution in [1.29, 1.82) is 0 Å². The zero-order valence-corrected chi connectivity index (χ0v) is 9.93. The van der Waals surface area contributed by atoms with Gasteiger partial charge in [0.15, 0.2) is 6.29 Å². The zero-order valence-electron chi connectivity index (χ0n) is 9.93. The normalized spacial score (nSPS) is 7.75. The molecule has 0 bridgehead atoms. The molecule has 16 heavy (non-hydrogen) atoms. The number of aldehydes is 1. The molecule has 0 spiro atoms. The van der Waals surface area contributed by atoms with Gasteiger partial charge in [-0.25, -0.2) is 0 Å². The van der Waals surface area contributed by atoms with Gasteiger partial charge in [0.05, 0.1) is 10.5 Å². The average Bonchev–Trinajstić information content (AvgIpc) is 2.34. The van der Waals surface area contributed by atoms with Crippen molar-refractivity contribution in [1.82, 2.24) is 0 Å². The van der Waals surface area contributed by atoms with Crippen LogP contribution in [0.2, 0.25) is 0 Å². The SMILES string of the molecule is CC.CC.O=Cc1cc([N+](=O)[O-])ccc1O. The van der Waals surface area contributed by atoms with Gasteiger partial charge in [0.1, 0.15) is 5.75 Å². The molecular formula is C11H17NO4. The molecule has 0 aliphatic rings. The van der Waals surface area contributed by atoms with Crippen molar-refractivity contribution in [3.05, 3.63) is 33.9 Å². The Balaban J connectivity index is 0. The molecule has 0 radical (unpaired) electrons. The van der Waals surface area contributed by atoms with E-state index < -0.39 is 4.92 Å². The predicted molar refractivity (Wildman–Crippen MR) is 62.8 cm³/mol. The van der Waals surface area contributed by atoms with Crippen LogP contribution in [0.4, 0.5) is 5.69 Å². The van der Waals surface area contributed by atoms with Crippen molar-refractivity contribution in [2.75, 3.05) is 0 Å². The molecule has 1 rings (SSSR count). The average molecular weight is 227 g/mol. The van der Waals surface area contributed by atoms with Crippen molar-refractivity contribution >= 4 is 12.0 Å². The van der Waals surface area contributed by atoms with Crippen LogP contribution in [0.15, 0.2) is 18.2 Å². The second-order valence-corrected chi connectivity index (χ2v) is 2.12. The van der Waals surface area contributed by atoms with Gasteiger partial charge in [0.2, 0.25) is 0 Å². The molecule has 0 fully saturated rings. The summed E-state index contributed by atoms with van der Waals surface area (Å²) in [7, 11) is 0. The molecular weight excluding hydrogens is 210 g/mol. The van der Waals surface area contributed by atoms with Crippen LogP contribution in [-0.4, -0.2) is 16.3 Å². The Morgan fingerprint density at radius 3 is 2.12 bits per heavy atom. The van der Waals surface area contributed by atoms with E-state index in [1.165, 1.54) is 0 Å². The lowest BCUT2D eigenvalue weighted by molar-refractivity contribution is -0.384. The summed E-state index contributed by atoms with van der Waals surface area (Å²) in [6.45, 7) is 8.00. The molecule has 1 aromatic rings. The summed E-state index contributed by atoms with van der Waals surface area (Å²) in [5.41, 5.74) is -0.292. The highest BCUT2D eigenvalue weighted by atomic mass is 16.6. The van der Waals surface area contributed by atoms with Crippen molar-refractivity contribution in [3.63, 3.8) is 0 Å². The highest BCUT2D eigenvalue weighted by Gasteiger charge is 2.08. The van der Waals surface area contributed by atoms with Gasteiger partial charge in [-0.1, -0.05) is 27.7 Å². The van der Waals surface area contributed by atoms with E-state index in [0.29, 0.717) is 6.29 Å². The number of carbonyl (C=O) groups excluding carboxylic acids is 1. The molecule has 5 nitrogen and oxygen atoms in total. The first-order valence-electron chi connectivity index (χ1n) is 5.07. The number of nitro benzene ring substituents is 1. The first kappa shape index (κ1) is 16.5. The van der Waals surface area contributed by atoms with Gasteiger partial charge in [0, 0.05) is 12.1 Å². The number of aromatic hydroxyl groups is 1. The molecule has 0 aromatic heterocycles. The summed E-state index contributed by atoms with van der Waals surface area (Å²) in [6, 6.07) is 3.26. The number of non-ortho nitro benzene ring substituents is 1. The number of benzene rings is 1. The number of phenolic OH excluding ortho intramolecular Hbond substituents is 1. The monoisotopic (exact) mass is 227 g/mol. The van der Waals surface area contributed by atoms with E-state index in [-0.39, 0.29) is 17.0 Å². The van der Waals surface area contributed by atoms with Crippen LogP contribution >= 0.6 is 0 Å². The third kappa shape index (κ3) is 5.09. The van der Waals surface area contributed by atoms with Crippen LogP contribution < -0.4 is 0 Å². The quantitative estimate of drug-likeness (QED) is 0.478. The second kappa shape index (κ2) is 9.64. The van der Waals surface area contributed by atoms with Crippen LogP contribution in [0.1, 0.15) is 38.1 Å². The van der Waals surface area contributed by atoms with Gasteiger partial charge in [0.25, 0.3) is 5.69 Å². The highest BCUT2D eigenvalue weighted by molar-refractivity contribution is 5.80. The van der Waals surface area contributed by atoms with Crippen molar-refractivity contribution in [3.8, 4) is 5.75 Å². The summed E-state index contributed by atoms with van der Waals surface area (Å²) < 4.78 is 0. The minimum absolute atomic E-state index is 0.0794. The van der Waals surface area contributed by atoms with Crippen LogP contribution in [0.25, 0.3) is 0 Å². The minimum atomic E-state index is -0.633. The number of nitro groups is 1. The molecule has 0 heterocycles. The molecule has 1 N–H and O–H groups in total. The standard InChI is InChI=1S/C7H5NO4.2C2H6/c9-4-5-3-6(8(11)12)1-2-7(5)10;2*1-2/h1-4,10H;2*1-2H3. The van der Waals surface area contributed by atoms with Gasteiger partial charge in [-0.05, 0) is 6.07 Å². The van der Waals surface area contributed by atoms with E-state index in [4.69, 9.17) is 5.11 Å². The minimum Gasteiger partial charge on any atom is -0.507 e. The number of phenols is 1. The lowest BCUT2D eigenvalue weighted by Gasteiger charge is -1.95. The first-order chi connectivity index (χ1) is 7.65. The van der Waals surface area contributed by atoms with Crippen LogP contribution in [0.5, 0.6) is 5.75 Å². The molecule has 0 unspecified atom stereocenters. The van der Waals surface area contributed by atoms with E-state index in [1.54, 1.807) is 0 Å². The molecule has 0 amide bonds. The van der Waals surface area contributed by atoms with E-state index in [9.17, 15) is 14.9 Å². The topological polar surface area (TPSA) is 80.4 Å². The number of carbonyl (C=O) groups is 1. The zero-order chi connectivity index (χ0) is 13.1. The summed E-state index contributed by atoms with van der Waals surface area (Å²) in [6.07, 6.45) is 0.363. The fourth-order valence-corrected chi connectivity index (χ4v) is 0.750. The Hall–Kier alpha value is -1.91. The molecule has 90 valence electrons. The molecule has 0 aliphatic carbocycles. The third-order valence-corrected chi connectivity index (χ3v) is 1.35. The van der Waals surface area contributed by atoms with Crippen LogP contribution in [-0.2, 0) is 0 Å². The van der Waals surface area contributed by atoms with Crippen molar-refractivity contribution < 1.29 is 14.8 Å². The number of rotatable bonds is 2. The van der Waals surface area contributed by atoms with Crippen LogP contribution in [0, 0.1) is 10.1 Å². The fourth-order valence-electron chi connectivity index (χ4n) is 0.750. The van der Waals surface area contributed by atoms with Gasteiger partial charge >= 0.3 is 0 Å². The second-order valence-electron chi connectivity index (χ2n) is 2.12. The summed E-state index contributed by atoms with van der Waals surface area (Å²) in [4.78, 5) is 19.8. The van der Waals surface area contributed by atoms with Crippen molar-refractivity contribution in [2.45, 2.75) is 27.7 Å². The van der Waals surface area contributed by atoms with Gasteiger partial charge in [-0.2, -0.15) is 0 Å². The van der Waals surface area contributed by atoms with Crippen LogP contribution in [0.3, 0.4) is 0 Å². The highest BCUT2D eigenvalue weighted by Crippen LogP contribution is 2.20. The largest absolute Gasteiger partial charge is 0.507 e. The summed E-state index contributed by atoms with van der Waals surface area (Å²) in [5.74, 6) is -0.254. The smallest absolute Gasteiger partial charge is 0.270 e. The molecule has 0 saturated carbocycles. The summed E-state index contributed by atoms with van der Waals surface area (Å²) >= 11 is 0. The Kier molecular flexibility index (Phi) is 9.95. The number of hydrogen-bond donors (Lipinski definition) is 1. The Labute approximate surface area is 94.9 Å². The maximum Gasteiger partial charge on any atom is 0.270 e. The van der Waals surface area contributed by atoms with E-state index in [1.807, 2.05) is 27.7 Å². The maximum atomic E-state index is 10.2. The number of nitrogens with zero attached hydrogens (tertiary/aromatic N) is 1. The molecule has 5 heteroatoms. The first-order valence-corrected chi connectivity index (χ1v) is 5.07. The third-order valence-electron chi connectivity index (χ3n) is 1.35. The molecule has 0 aliphatic heterocycles. The van der Waals surface area contributed by atoms with Gasteiger partial charge in [-0.3, -0.25) is 14.9 Å². The van der Waals surface area contributed by atoms with Gasteiger partial charge < -0.3 is 5.11 Å². The maximum absolute atomic E-state index is 10.2. The lowest BCUT2D eigenvalue weighted by Crippen LogP contribution is -1.89. The predicted octanol–water partition coefficient (Wildman–Crippen LogP) is 3.17. The number of hydrogen-bond acceptors (Lipinski definition) is 4. The van der Waals surface area contributed by atoms with E-state index in [0.717, 1.165) is 18.2 Å². The Morgan fingerprint density at radius 2 is 1.75 bits per heavy atom.